The summed E-state index contributed by atoms with van der Waals surface area (Å²) in [6.07, 6.45) is 0. The van der Waals surface area contributed by atoms with Crippen LogP contribution in [0.15, 0.2) is 78.9 Å². The first-order valence-corrected chi connectivity index (χ1v) is 9.75. The smallest absolute Gasteiger partial charge is 0.332 e. The van der Waals surface area contributed by atoms with Gasteiger partial charge in [0.25, 0.3) is 5.91 Å². The minimum atomic E-state index is -0.955. The van der Waals surface area contributed by atoms with Crippen molar-refractivity contribution in [3.63, 3.8) is 0 Å². The van der Waals surface area contributed by atoms with E-state index in [1.165, 1.54) is 7.11 Å². The Morgan fingerprint density at radius 3 is 2.13 bits per heavy atom. The number of urea groups is 1. The van der Waals surface area contributed by atoms with Gasteiger partial charge in [0, 0.05) is 5.69 Å². The van der Waals surface area contributed by atoms with Crippen molar-refractivity contribution >= 4 is 36.1 Å². The van der Waals surface area contributed by atoms with E-state index in [9.17, 15) is 9.59 Å². The maximum Gasteiger partial charge on any atom is 0.332 e. The summed E-state index contributed by atoms with van der Waals surface area (Å²) >= 11 is 4.38. The van der Waals surface area contributed by atoms with Crippen molar-refractivity contribution < 1.29 is 14.3 Å². The van der Waals surface area contributed by atoms with E-state index in [2.05, 4.69) is 23.4 Å². The Morgan fingerprint density at radius 1 is 0.867 bits per heavy atom. The molecular weight excluding hydrogens is 398 g/mol. The van der Waals surface area contributed by atoms with Gasteiger partial charge in [-0.25, -0.2) is 4.79 Å². The van der Waals surface area contributed by atoms with Gasteiger partial charge in [0.2, 0.25) is 0 Å². The molecule has 3 amide bonds. The average Bonchev–Trinajstić information content (AvgIpc) is 2.76. The highest BCUT2D eigenvalue weighted by Crippen LogP contribution is 2.28. The zero-order valence-electron chi connectivity index (χ0n) is 16.7. The van der Waals surface area contributed by atoms with Gasteiger partial charge in [0.1, 0.15) is 11.8 Å². The normalized spacial score (nSPS) is 11.3. The average molecular weight is 422 g/mol. The first-order chi connectivity index (χ1) is 14.5. The molecule has 0 aromatic heterocycles. The summed E-state index contributed by atoms with van der Waals surface area (Å²) in [4.78, 5) is 26.1. The van der Waals surface area contributed by atoms with Crippen molar-refractivity contribution in [2.45, 2.75) is 13.0 Å². The van der Waals surface area contributed by atoms with Crippen LogP contribution in [0.1, 0.15) is 17.2 Å². The van der Waals surface area contributed by atoms with Crippen LogP contribution in [-0.4, -0.2) is 23.4 Å². The number of carbonyl (C=O) groups is 2. The van der Waals surface area contributed by atoms with E-state index in [1.54, 1.807) is 36.4 Å². The second kappa shape index (κ2) is 9.84. The second-order valence-electron chi connectivity index (χ2n) is 6.59. The molecule has 0 spiro atoms. The molecule has 0 radical (unpaired) electrons. The van der Waals surface area contributed by atoms with E-state index in [0.717, 1.165) is 9.87 Å². The van der Waals surface area contributed by atoms with Crippen molar-refractivity contribution in [1.29, 1.82) is 0 Å². The Balaban J connectivity index is 1.87. The number of rotatable bonds is 6. The Morgan fingerprint density at radius 2 is 1.47 bits per heavy atom. The molecule has 0 fully saturated rings. The molecule has 3 rings (SSSR count). The number of hydrogen-bond acceptors (Lipinski definition) is 4. The van der Waals surface area contributed by atoms with E-state index in [0.29, 0.717) is 22.7 Å². The Kier molecular flexibility index (Phi) is 6.98. The molecule has 0 heterocycles. The molecule has 0 saturated carbocycles. The lowest BCUT2D eigenvalue weighted by atomic mass is 10.1. The summed E-state index contributed by atoms with van der Waals surface area (Å²) in [5, 5.41) is 5.64. The molecule has 0 bridgehead atoms. The third kappa shape index (κ3) is 4.93. The van der Waals surface area contributed by atoms with Crippen LogP contribution >= 0.6 is 12.8 Å². The molecule has 1 atom stereocenters. The predicted octanol–water partition coefficient (Wildman–Crippen LogP) is 5.06. The summed E-state index contributed by atoms with van der Waals surface area (Å²) in [5.41, 5.74) is 2.71. The van der Waals surface area contributed by atoms with Gasteiger partial charge in [-0.05, 0) is 36.2 Å². The molecule has 3 aromatic carbocycles. The van der Waals surface area contributed by atoms with Crippen LogP contribution in [0.3, 0.4) is 0 Å². The molecule has 0 aliphatic heterocycles. The van der Waals surface area contributed by atoms with Gasteiger partial charge in [-0.1, -0.05) is 73.5 Å². The van der Waals surface area contributed by atoms with Crippen LogP contribution in [0.25, 0.3) is 0 Å². The Hall–Kier alpha value is -3.45. The van der Waals surface area contributed by atoms with Gasteiger partial charge >= 0.3 is 6.03 Å². The number of carbonyl (C=O) groups excluding carboxylic acids is 2. The first-order valence-electron chi connectivity index (χ1n) is 9.35. The quantitative estimate of drug-likeness (QED) is 0.487. The van der Waals surface area contributed by atoms with Gasteiger partial charge in [-0.15, -0.1) is 0 Å². The number of ether oxygens (including phenoxy) is 1. The van der Waals surface area contributed by atoms with Crippen LogP contribution in [-0.2, 0) is 4.79 Å². The predicted molar refractivity (Wildman–Crippen MR) is 122 cm³/mol. The lowest BCUT2D eigenvalue weighted by Gasteiger charge is -2.27. The summed E-state index contributed by atoms with van der Waals surface area (Å²) in [6, 6.07) is 22.0. The monoisotopic (exact) mass is 421 g/mol. The van der Waals surface area contributed by atoms with Crippen LogP contribution in [0.2, 0.25) is 0 Å². The molecule has 0 aliphatic rings. The third-order valence-corrected chi connectivity index (χ3v) is 4.98. The van der Waals surface area contributed by atoms with Crippen LogP contribution in [0.5, 0.6) is 5.75 Å². The van der Waals surface area contributed by atoms with E-state index < -0.39 is 12.1 Å². The molecule has 30 heavy (non-hydrogen) atoms. The molecule has 1 unspecified atom stereocenters. The fraction of sp³-hybridized carbons (Fsp3) is 0.130. The summed E-state index contributed by atoms with van der Waals surface area (Å²) in [5.74, 6) is 0.133. The van der Waals surface area contributed by atoms with Crippen LogP contribution in [0, 0.1) is 6.92 Å². The number of nitrogens with one attached hydrogen (secondary N) is 2. The third-order valence-electron chi connectivity index (χ3n) is 4.57. The largest absolute Gasteiger partial charge is 0.495 e. The molecule has 0 aliphatic carbocycles. The van der Waals surface area contributed by atoms with E-state index in [1.807, 2.05) is 49.4 Å². The van der Waals surface area contributed by atoms with Crippen LogP contribution < -0.4 is 15.4 Å². The maximum absolute atomic E-state index is 13.2. The number of thiol groups is 1. The van der Waals surface area contributed by atoms with E-state index >= 15 is 0 Å². The van der Waals surface area contributed by atoms with Crippen molar-refractivity contribution in [2.24, 2.45) is 0 Å². The molecule has 6 nitrogen and oxygen atoms in total. The molecule has 154 valence electrons. The van der Waals surface area contributed by atoms with Crippen molar-refractivity contribution in [1.82, 2.24) is 4.31 Å². The fourth-order valence-corrected chi connectivity index (χ4v) is 3.28. The van der Waals surface area contributed by atoms with E-state index in [-0.39, 0.29) is 5.91 Å². The number of nitrogens with zero attached hydrogens (tertiary/aromatic N) is 1. The lowest BCUT2D eigenvalue weighted by Crippen LogP contribution is -2.38. The minimum absolute atomic E-state index is 0.374. The summed E-state index contributed by atoms with van der Waals surface area (Å²) in [6.45, 7) is 1.90. The first kappa shape index (κ1) is 21.3. The van der Waals surface area contributed by atoms with Crippen molar-refractivity contribution in [3.05, 3.63) is 90.0 Å². The highest BCUT2D eigenvalue weighted by Gasteiger charge is 2.30. The summed E-state index contributed by atoms with van der Waals surface area (Å²) in [7, 11) is 1.52. The number of para-hydroxylation sites is 3. The zero-order valence-corrected chi connectivity index (χ0v) is 17.6. The number of methoxy groups -OCH3 is 1. The molecule has 7 heteroatoms. The second-order valence-corrected chi connectivity index (χ2v) is 7.02. The number of aryl methyl sites for hydroxylation is 1. The van der Waals surface area contributed by atoms with E-state index in [4.69, 9.17) is 4.74 Å². The molecule has 3 aromatic rings. The zero-order chi connectivity index (χ0) is 21.5. The Labute approximate surface area is 181 Å². The topological polar surface area (TPSA) is 70.7 Å². The van der Waals surface area contributed by atoms with Gasteiger partial charge in [0.15, 0.2) is 0 Å². The minimum Gasteiger partial charge on any atom is -0.495 e. The SMILES string of the molecule is COc1ccccc1NC(=O)N(S)C(C(=O)Nc1ccccc1C)c1ccccc1. The molecule has 2 N–H and O–H groups in total. The standard InChI is InChI=1S/C23H23N3O3S/c1-16-10-6-7-13-18(16)24-22(27)21(17-11-4-3-5-12-17)26(30)23(28)25-19-14-8-9-15-20(19)29-2/h3-15,21,30H,1-2H3,(H,24,27)(H,25,28). The number of anilines is 2. The van der Waals surface area contributed by atoms with Gasteiger partial charge < -0.3 is 15.4 Å². The van der Waals surface area contributed by atoms with Crippen molar-refractivity contribution in [3.8, 4) is 5.75 Å². The number of hydrogen-bond donors (Lipinski definition) is 3. The van der Waals surface area contributed by atoms with Crippen molar-refractivity contribution in [2.75, 3.05) is 17.7 Å². The highest BCUT2D eigenvalue weighted by atomic mass is 32.1. The lowest BCUT2D eigenvalue weighted by molar-refractivity contribution is -0.119. The number of benzene rings is 3. The van der Waals surface area contributed by atoms with Gasteiger partial charge in [0.05, 0.1) is 12.8 Å². The maximum atomic E-state index is 13.2. The van der Waals surface area contributed by atoms with Gasteiger partial charge in [-0.3, -0.25) is 9.10 Å². The fourth-order valence-electron chi connectivity index (χ4n) is 2.99. The Bertz CT molecular complexity index is 1030. The highest BCUT2D eigenvalue weighted by molar-refractivity contribution is 7.78. The van der Waals surface area contributed by atoms with Gasteiger partial charge in [-0.2, -0.15) is 0 Å². The summed E-state index contributed by atoms with van der Waals surface area (Å²) < 4.78 is 6.35. The molecular formula is C23H23N3O3S. The number of amides is 3. The molecule has 0 saturated heterocycles. The van der Waals surface area contributed by atoms with Crippen LogP contribution in [0.4, 0.5) is 16.2 Å².